The molecule has 4 heteroatoms. The average molecular weight is 305 g/mol. The number of nitrogens with one attached hydrogen (secondary N) is 1. The standard InChI is InChI=1S/C16H17ClN2S/c17-15-9-5-4-8-13(15)10-20-11-14(16(18)19)12-6-2-1-3-7-12/h1-9,14H,10-11H2,(H3,18,19). The summed E-state index contributed by atoms with van der Waals surface area (Å²) in [6.07, 6.45) is 0. The molecular formula is C16H17ClN2S. The van der Waals surface area contributed by atoms with Gasteiger partial charge in [0.05, 0.1) is 5.84 Å². The summed E-state index contributed by atoms with van der Waals surface area (Å²) in [5.41, 5.74) is 7.93. The van der Waals surface area contributed by atoms with Gasteiger partial charge in [-0.2, -0.15) is 11.8 Å². The van der Waals surface area contributed by atoms with Crippen LogP contribution in [0.1, 0.15) is 17.0 Å². The minimum Gasteiger partial charge on any atom is -0.387 e. The molecule has 0 aromatic heterocycles. The molecule has 20 heavy (non-hydrogen) atoms. The van der Waals surface area contributed by atoms with Crippen LogP contribution in [0.5, 0.6) is 0 Å². The van der Waals surface area contributed by atoms with E-state index in [9.17, 15) is 0 Å². The topological polar surface area (TPSA) is 49.9 Å². The summed E-state index contributed by atoms with van der Waals surface area (Å²) in [7, 11) is 0. The smallest absolute Gasteiger partial charge is 0.0990 e. The summed E-state index contributed by atoms with van der Waals surface area (Å²) in [6, 6.07) is 17.8. The molecule has 0 spiro atoms. The number of hydrogen-bond donors (Lipinski definition) is 2. The van der Waals surface area contributed by atoms with Crippen LogP contribution in [0.4, 0.5) is 0 Å². The maximum Gasteiger partial charge on any atom is 0.0990 e. The van der Waals surface area contributed by atoms with Gasteiger partial charge in [0.15, 0.2) is 0 Å². The first-order valence-corrected chi connectivity index (χ1v) is 7.91. The normalized spacial score (nSPS) is 12.1. The fourth-order valence-electron chi connectivity index (χ4n) is 1.95. The van der Waals surface area contributed by atoms with Crippen molar-refractivity contribution in [2.24, 2.45) is 5.73 Å². The molecule has 1 unspecified atom stereocenters. The molecule has 0 aliphatic carbocycles. The lowest BCUT2D eigenvalue weighted by Crippen LogP contribution is -2.22. The average Bonchev–Trinajstić information content (AvgIpc) is 2.46. The van der Waals surface area contributed by atoms with Crippen LogP contribution in [-0.4, -0.2) is 11.6 Å². The lowest BCUT2D eigenvalue weighted by atomic mass is 10.0. The Morgan fingerprint density at radius 3 is 2.40 bits per heavy atom. The molecule has 0 aliphatic rings. The highest BCUT2D eigenvalue weighted by atomic mass is 35.5. The molecule has 0 heterocycles. The van der Waals surface area contributed by atoms with Crippen molar-refractivity contribution in [2.45, 2.75) is 11.7 Å². The van der Waals surface area contributed by atoms with Gasteiger partial charge in [0, 0.05) is 22.4 Å². The molecule has 104 valence electrons. The summed E-state index contributed by atoms with van der Waals surface area (Å²) in [4.78, 5) is 0. The van der Waals surface area contributed by atoms with Crippen LogP contribution in [0.2, 0.25) is 5.02 Å². The third kappa shape index (κ3) is 4.02. The van der Waals surface area contributed by atoms with Crippen molar-refractivity contribution in [3.05, 3.63) is 70.7 Å². The molecule has 0 saturated heterocycles. The minimum atomic E-state index is -0.0383. The zero-order valence-corrected chi connectivity index (χ0v) is 12.6. The second-order valence-corrected chi connectivity index (χ2v) is 5.96. The third-order valence-electron chi connectivity index (χ3n) is 3.08. The van der Waals surface area contributed by atoms with E-state index < -0.39 is 0 Å². The summed E-state index contributed by atoms with van der Waals surface area (Å²) >= 11 is 7.89. The van der Waals surface area contributed by atoms with Crippen molar-refractivity contribution >= 4 is 29.2 Å². The number of rotatable bonds is 6. The van der Waals surface area contributed by atoms with E-state index in [-0.39, 0.29) is 11.8 Å². The molecular weight excluding hydrogens is 288 g/mol. The van der Waals surface area contributed by atoms with E-state index in [1.165, 1.54) is 0 Å². The maximum atomic E-state index is 7.75. The number of hydrogen-bond acceptors (Lipinski definition) is 2. The van der Waals surface area contributed by atoms with E-state index in [2.05, 4.69) is 0 Å². The summed E-state index contributed by atoms with van der Waals surface area (Å²) in [6.45, 7) is 0. The minimum absolute atomic E-state index is 0.0383. The lowest BCUT2D eigenvalue weighted by molar-refractivity contribution is 1.01. The zero-order chi connectivity index (χ0) is 14.4. The fraction of sp³-hybridized carbons (Fsp3) is 0.188. The number of benzene rings is 2. The molecule has 2 nitrogen and oxygen atoms in total. The Morgan fingerprint density at radius 1 is 1.10 bits per heavy atom. The highest BCUT2D eigenvalue weighted by molar-refractivity contribution is 7.98. The van der Waals surface area contributed by atoms with E-state index in [4.69, 9.17) is 22.7 Å². The van der Waals surface area contributed by atoms with Crippen LogP contribution >= 0.6 is 23.4 Å². The van der Waals surface area contributed by atoms with E-state index >= 15 is 0 Å². The van der Waals surface area contributed by atoms with Crippen molar-refractivity contribution in [1.82, 2.24) is 0 Å². The van der Waals surface area contributed by atoms with Gasteiger partial charge in [-0.05, 0) is 17.2 Å². The third-order valence-corrected chi connectivity index (χ3v) is 4.53. The highest BCUT2D eigenvalue weighted by Gasteiger charge is 2.14. The maximum absolute atomic E-state index is 7.75. The van der Waals surface area contributed by atoms with Gasteiger partial charge in [0.2, 0.25) is 0 Å². The van der Waals surface area contributed by atoms with E-state index in [0.717, 1.165) is 27.7 Å². The van der Waals surface area contributed by atoms with E-state index in [0.29, 0.717) is 0 Å². The summed E-state index contributed by atoms with van der Waals surface area (Å²) in [5, 5.41) is 8.54. The molecule has 2 aromatic carbocycles. The Kier molecular flexibility index (Phi) is 5.50. The van der Waals surface area contributed by atoms with Gasteiger partial charge in [0.1, 0.15) is 0 Å². The van der Waals surface area contributed by atoms with Gasteiger partial charge < -0.3 is 5.73 Å². The Labute approximate surface area is 128 Å². The first-order chi connectivity index (χ1) is 9.68. The second kappa shape index (κ2) is 7.36. The Morgan fingerprint density at radius 2 is 1.75 bits per heavy atom. The van der Waals surface area contributed by atoms with Gasteiger partial charge in [-0.1, -0.05) is 60.1 Å². The van der Waals surface area contributed by atoms with Crippen LogP contribution in [0, 0.1) is 5.41 Å². The van der Waals surface area contributed by atoms with Crippen LogP contribution in [0.25, 0.3) is 0 Å². The van der Waals surface area contributed by atoms with Gasteiger partial charge in [-0.3, -0.25) is 5.41 Å². The van der Waals surface area contributed by atoms with Gasteiger partial charge >= 0.3 is 0 Å². The van der Waals surface area contributed by atoms with Crippen molar-refractivity contribution in [3.8, 4) is 0 Å². The molecule has 0 bridgehead atoms. The Balaban J connectivity index is 1.97. The number of halogens is 1. The van der Waals surface area contributed by atoms with Crippen LogP contribution in [-0.2, 0) is 5.75 Å². The number of nitrogens with two attached hydrogens (primary N) is 1. The molecule has 0 saturated carbocycles. The molecule has 2 rings (SSSR count). The SMILES string of the molecule is N=C(N)C(CSCc1ccccc1Cl)c1ccccc1. The first-order valence-electron chi connectivity index (χ1n) is 6.38. The van der Waals surface area contributed by atoms with Crippen molar-refractivity contribution in [3.63, 3.8) is 0 Å². The second-order valence-electron chi connectivity index (χ2n) is 4.53. The number of amidine groups is 1. The van der Waals surface area contributed by atoms with Crippen LogP contribution < -0.4 is 5.73 Å². The Bertz CT molecular complexity index is 572. The molecule has 0 amide bonds. The van der Waals surface area contributed by atoms with Crippen molar-refractivity contribution < 1.29 is 0 Å². The zero-order valence-electron chi connectivity index (χ0n) is 11.1. The molecule has 3 N–H and O–H groups in total. The quantitative estimate of drug-likeness (QED) is 0.618. The van der Waals surface area contributed by atoms with Gasteiger partial charge in [-0.25, -0.2) is 0 Å². The van der Waals surface area contributed by atoms with E-state index in [1.54, 1.807) is 11.8 Å². The molecule has 2 aromatic rings. The molecule has 1 atom stereocenters. The summed E-state index contributed by atoms with van der Waals surface area (Å²) in [5.74, 6) is 1.78. The monoisotopic (exact) mass is 304 g/mol. The van der Waals surface area contributed by atoms with Crippen molar-refractivity contribution in [1.29, 1.82) is 5.41 Å². The molecule has 0 aliphatic heterocycles. The van der Waals surface area contributed by atoms with Crippen molar-refractivity contribution in [2.75, 3.05) is 5.75 Å². The number of thioether (sulfide) groups is 1. The molecule has 0 fully saturated rings. The Hall–Kier alpha value is -1.45. The predicted octanol–water partition coefficient (Wildman–Crippen LogP) is 4.29. The first kappa shape index (κ1) is 14.9. The fourth-order valence-corrected chi connectivity index (χ4v) is 3.43. The van der Waals surface area contributed by atoms with E-state index in [1.807, 2.05) is 54.6 Å². The van der Waals surface area contributed by atoms with Gasteiger partial charge in [0.25, 0.3) is 0 Å². The van der Waals surface area contributed by atoms with Gasteiger partial charge in [-0.15, -0.1) is 0 Å². The summed E-state index contributed by atoms with van der Waals surface area (Å²) < 4.78 is 0. The lowest BCUT2D eigenvalue weighted by Gasteiger charge is -2.15. The largest absolute Gasteiger partial charge is 0.387 e. The predicted molar refractivity (Wildman–Crippen MR) is 88.7 cm³/mol. The van der Waals surface area contributed by atoms with Crippen LogP contribution in [0.15, 0.2) is 54.6 Å². The van der Waals surface area contributed by atoms with Crippen LogP contribution in [0.3, 0.4) is 0 Å². The molecule has 0 radical (unpaired) electrons. The highest BCUT2D eigenvalue weighted by Crippen LogP contribution is 2.25.